The fraction of sp³-hybridized carbons (Fsp3) is 0.583. The molecule has 5 nitrogen and oxygen atoms in total. The van der Waals surface area contributed by atoms with Gasteiger partial charge in [0.25, 0.3) is 0 Å². The van der Waals surface area contributed by atoms with Gasteiger partial charge in [0.2, 0.25) is 13.3 Å². The van der Waals surface area contributed by atoms with Gasteiger partial charge in [-0.15, -0.1) is 0 Å². The summed E-state index contributed by atoms with van der Waals surface area (Å²) in [6.07, 6.45) is 13.2. The Hall–Kier alpha value is -3.13. The summed E-state index contributed by atoms with van der Waals surface area (Å²) < 4.78 is 5.23. The van der Waals surface area contributed by atoms with Crippen LogP contribution in [0, 0.1) is 13.5 Å². The van der Waals surface area contributed by atoms with E-state index in [9.17, 15) is 0 Å². The van der Waals surface area contributed by atoms with Crippen molar-refractivity contribution in [1.29, 1.82) is 0 Å². The predicted molar refractivity (Wildman–Crippen MR) is 173 cm³/mol. The summed E-state index contributed by atoms with van der Waals surface area (Å²) in [6, 6.07) is 13.0. The molecule has 5 heteroatoms. The molecule has 4 aliphatic rings. The van der Waals surface area contributed by atoms with Crippen LogP contribution < -0.4 is 9.80 Å². The molecule has 0 saturated heterocycles. The predicted octanol–water partition coefficient (Wildman–Crippen LogP) is 8.35. The van der Waals surface area contributed by atoms with Crippen LogP contribution in [0.15, 0.2) is 36.4 Å². The van der Waals surface area contributed by atoms with E-state index in [-0.39, 0.29) is 11.1 Å². The maximum absolute atomic E-state index is 7.28. The van der Waals surface area contributed by atoms with Gasteiger partial charge in [0, 0.05) is 84.3 Å². The van der Waals surface area contributed by atoms with Gasteiger partial charge in [-0.2, -0.15) is 0 Å². The van der Waals surface area contributed by atoms with E-state index >= 15 is 0 Å². The first-order chi connectivity index (χ1) is 19.5. The van der Waals surface area contributed by atoms with Gasteiger partial charge in [-0.05, 0) is 56.9 Å². The minimum absolute atomic E-state index is 0.0325. The summed E-state index contributed by atoms with van der Waals surface area (Å²) >= 11 is 0. The fourth-order valence-corrected chi connectivity index (χ4v) is 7.56. The third-order valence-electron chi connectivity index (χ3n) is 10.1. The number of hydrogen-bond donors (Lipinski definition) is 0. The Bertz CT molecular complexity index is 1390. The van der Waals surface area contributed by atoms with Crippen molar-refractivity contribution in [3.05, 3.63) is 64.5 Å². The highest BCUT2D eigenvalue weighted by molar-refractivity contribution is 5.81. The van der Waals surface area contributed by atoms with Crippen LogP contribution in [-0.4, -0.2) is 48.0 Å². The zero-order chi connectivity index (χ0) is 29.4. The first kappa shape index (κ1) is 29.4. The Morgan fingerprint density at radius 1 is 0.659 bits per heavy atom. The SMILES string of the molecule is Cc1ccc2c(c1)C(C)(C)[N+](=C1CCCCC1)CN2C.[C-]#[N+]c1ccc2c(c1)C(C)(C)[N+](=C1CCCCC1)CN2C. The summed E-state index contributed by atoms with van der Waals surface area (Å²) in [4.78, 5) is 8.33. The van der Waals surface area contributed by atoms with Gasteiger partial charge in [0.1, 0.15) is 0 Å². The molecule has 2 aromatic carbocycles. The van der Waals surface area contributed by atoms with Gasteiger partial charge in [-0.25, -0.2) is 14.0 Å². The van der Waals surface area contributed by atoms with Gasteiger partial charge in [0.05, 0.1) is 12.3 Å². The lowest BCUT2D eigenvalue weighted by Crippen LogP contribution is -2.49. The van der Waals surface area contributed by atoms with E-state index in [1.54, 1.807) is 11.4 Å². The molecule has 0 spiro atoms. The largest absolute Gasteiger partial charge is 0.320 e. The molecule has 2 heterocycles. The Labute approximate surface area is 249 Å². The van der Waals surface area contributed by atoms with Gasteiger partial charge < -0.3 is 9.80 Å². The molecule has 2 saturated carbocycles. The van der Waals surface area contributed by atoms with Crippen LogP contribution in [0.4, 0.5) is 17.1 Å². The first-order valence-corrected chi connectivity index (χ1v) is 15.8. The van der Waals surface area contributed by atoms with Crippen LogP contribution in [0.25, 0.3) is 4.85 Å². The summed E-state index contributed by atoms with van der Waals surface area (Å²) in [6.45, 7) is 20.8. The molecule has 0 unspecified atom stereocenters. The summed E-state index contributed by atoms with van der Waals surface area (Å²) in [5, 5.41) is 0. The van der Waals surface area contributed by atoms with Crippen molar-refractivity contribution < 1.29 is 9.15 Å². The number of hydrogen-bond acceptors (Lipinski definition) is 2. The molecule has 2 fully saturated rings. The van der Waals surface area contributed by atoms with Crippen molar-refractivity contribution in [2.24, 2.45) is 0 Å². The Kier molecular flexibility index (Phi) is 8.33. The molecule has 6 rings (SSSR count). The van der Waals surface area contributed by atoms with E-state index in [1.165, 1.54) is 92.3 Å². The molecule has 2 aliphatic heterocycles. The Morgan fingerprint density at radius 2 is 1.10 bits per heavy atom. The molecule has 0 radical (unpaired) electrons. The monoisotopic (exact) mass is 553 g/mol. The van der Waals surface area contributed by atoms with Crippen LogP contribution in [0.5, 0.6) is 0 Å². The van der Waals surface area contributed by atoms with Crippen molar-refractivity contribution in [2.45, 2.75) is 110 Å². The molecule has 2 aromatic rings. The number of fused-ring (bicyclic) bond motifs is 2. The average Bonchev–Trinajstić information content (AvgIpc) is 2.98. The van der Waals surface area contributed by atoms with Crippen molar-refractivity contribution in [3.63, 3.8) is 0 Å². The summed E-state index contributed by atoms with van der Waals surface area (Å²) in [7, 11) is 4.38. The van der Waals surface area contributed by atoms with Crippen LogP contribution in [0.1, 0.15) is 109 Å². The van der Waals surface area contributed by atoms with Gasteiger partial charge in [-0.3, -0.25) is 0 Å². The zero-order valence-corrected chi connectivity index (χ0v) is 26.7. The first-order valence-electron chi connectivity index (χ1n) is 15.8. The third-order valence-corrected chi connectivity index (χ3v) is 10.1. The normalized spacial score (nSPS) is 21.4. The second-order valence-electron chi connectivity index (χ2n) is 13.7. The van der Waals surface area contributed by atoms with Gasteiger partial charge in [0.15, 0.2) is 28.2 Å². The minimum Gasteiger partial charge on any atom is -0.320 e. The van der Waals surface area contributed by atoms with Crippen molar-refractivity contribution in [3.8, 4) is 0 Å². The Morgan fingerprint density at radius 3 is 1.56 bits per heavy atom. The lowest BCUT2D eigenvalue weighted by Gasteiger charge is -2.38. The molecular weight excluding hydrogens is 502 g/mol. The van der Waals surface area contributed by atoms with Gasteiger partial charge in [-0.1, -0.05) is 30.5 Å². The summed E-state index contributed by atoms with van der Waals surface area (Å²) in [5.41, 5.74) is 10.9. The number of nitrogens with zero attached hydrogens (tertiary/aromatic N) is 5. The van der Waals surface area contributed by atoms with Crippen LogP contribution in [0.3, 0.4) is 0 Å². The number of benzene rings is 2. The van der Waals surface area contributed by atoms with E-state index in [4.69, 9.17) is 6.57 Å². The van der Waals surface area contributed by atoms with E-state index in [0.29, 0.717) is 0 Å². The molecule has 41 heavy (non-hydrogen) atoms. The van der Waals surface area contributed by atoms with Crippen molar-refractivity contribution in [2.75, 3.05) is 37.2 Å². The topological polar surface area (TPSA) is 16.9 Å². The standard InChI is InChI=1S/C18H24N3.C18H27N2/c1-18(2)16-12-14(19-3)10-11-17(16)20(4)13-21(18)15-8-6-5-7-9-15;1-14-10-11-17-16(12-14)18(2,3)20(13-19(17)4)15-8-6-5-7-9-15/h10-12H,5-9,13H2,1-2,4H3;10-12H,5-9,13H2,1-4H3/q2*+1. The molecule has 218 valence electrons. The minimum atomic E-state index is -0.0325. The second kappa shape index (κ2) is 11.6. The number of anilines is 2. The zero-order valence-electron chi connectivity index (χ0n) is 26.7. The summed E-state index contributed by atoms with van der Waals surface area (Å²) in [5.74, 6) is 0. The second-order valence-corrected chi connectivity index (χ2v) is 13.7. The molecule has 0 aromatic heterocycles. The average molecular weight is 554 g/mol. The smallest absolute Gasteiger partial charge is 0.219 e. The van der Waals surface area contributed by atoms with Crippen molar-refractivity contribution >= 4 is 28.5 Å². The Balaban J connectivity index is 0.000000165. The lowest BCUT2D eigenvalue weighted by molar-refractivity contribution is -0.614. The van der Waals surface area contributed by atoms with E-state index in [0.717, 1.165) is 19.0 Å². The molecule has 0 bridgehead atoms. The molecular formula is C36H51N5+2. The number of aryl methyl sites for hydroxylation is 1. The highest BCUT2D eigenvalue weighted by Crippen LogP contribution is 2.41. The maximum Gasteiger partial charge on any atom is 0.219 e. The lowest BCUT2D eigenvalue weighted by atomic mass is 9.86. The maximum atomic E-state index is 7.28. The van der Waals surface area contributed by atoms with Crippen LogP contribution >= 0.6 is 0 Å². The molecule has 0 N–H and O–H groups in total. The van der Waals surface area contributed by atoms with Gasteiger partial charge >= 0.3 is 0 Å². The van der Waals surface area contributed by atoms with Crippen molar-refractivity contribution in [1.82, 2.24) is 0 Å². The highest BCUT2D eigenvalue weighted by Gasteiger charge is 2.43. The number of rotatable bonds is 0. The van der Waals surface area contributed by atoms with E-state index < -0.39 is 0 Å². The van der Waals surface area contributed by atoms with Crippen LogP contribution in [0.2, 0.25) is 0 Å². The molecule has 0 amide bonds. The third kappa shape index (κ3) is 5.68. The molecule has 0 atom stereocenters. The quantitative estimate of drug-likeness (QED) is 0.241. The van der Waals surface area contributed by atoms with E-state index in [2.05, 4.69) is 103 Å². The highest BCUT2D eigenvalue weighted by atomic mass is 15.3. The van der Waals surface area contributed by atoms with E-state index in [1.807, 2.05) is 6.07 Å². The fourth-order valence-electron chi connectivity index (χ4n) is 7.56. The molecule has 2 aliphatic carbocycles. The van der Waals surface area contributed by atoms with Crippen LogP contribution in [-0.2, 0) is 11.1 Å².